The van der Waals surface area contributed by atoms with Gasteiger partial charge in [0.25, 0.3) is 5.91 Å². The normalized spacial score (nSPS) is 22.1. The first kappa shape index (κ1) is 14.3. The lowest BCUT2D eigenvalue weighted by Gasteiger charge is -2.40. The number of anilines is 1. The topological polar surface area (TPSA) is 77.2 Å². The van der Waals surface area contributed by atoms with E-state index in [0.717, 1.165) is 25.7 Å². The maximum atomic E-state index is 12.1. The van der Waals surface area contributed by atoms with E-state index >= 15 is 0 Å². The zero-order valence-corrected chi connectivity index (χ0v) is 12.3. The van der Waals surface area contributed by atoms with Crippen LogP contribution in [0, 0.1) is 0 Å². The van der Waals surface area contributed by atoms with Gasteiger partial charge in [-0.1, -0.05) is 13.8 Å². The Morgan fingerprint density at radius 2 is 2.37 bits per heavy atom. The van der Waals surface area contributed by atoms with E-state index in [0.29, 0.717) is 17.4 Å². The second-order valence-electron chi connectivity index (χ2n) is 4.97. The number of hydrogen-bond acceptors (Lipinski definition) is 5. The predicted molar refractivity (Wildman–Crippen MR) is 76.3 cm³/mol. The average molecular weight is 283 g/mol. The van der Waals surface area contributed by atoms with Crippen molar-refractivity contribution >= 4 is 22.4 Å². The molecule has 0 saturated carbocycles. The summed E-state index contributed by atoms with van der Waals surface area (Å²) in [6.07, 6.45) is 3.66. The van der Waals surface area contributed by atoms with Gasteiger partial charge in [-0.3, -0.25) is 4.79 Å². The van der Waals surface area contributed by atoms with Crippen molar-refractivity contribution in [2.45, 2.75) is 51.2 Å². The molecule has 5 nitrogen and oxygen atoms in total. The quantitative estimate of drug-likeness (QED) is 0.888. The zero-order chi connectivity index (χ0) is 13.9. The summed E-state index contributed by atoms with van der Waals surface area (Å²) in [5, 5.41) is 5.16. The summed E-state index contributed by atoms with van der Waals surface area (Å²) in [7, 11) is 0. The van der Waals surface area contributed by atoms with Crippen molar-refractivity contribution in [3.63, 3.8) is 0 Å². The molecule has 1 aromatic heterocycles. The van der Waals surface area contributed by atoms with Crippen molar-refractivity contribution in [2.24, 2.45) is 0 Å². The molecule has 2 rings (SSSR count). The van der Waals surface area contributed by atoms with E-state index in [1.165, 1.54) is 11.3 Å². The highest BCUT2D eigenvalue weighted by Gasteiger charge is 2.35. The summed E-state index contributed by atoms with van der Waals surface area (Å²) in [4.78, 5) is 16.1. The van der Waals surface area contributed by atoms with E-state index < -0.39 is 0 Å². The van der Waals surface area contributed by atoms with Crippen molar-refractivity contribution in [2.75, 3.05) is 12.3 Å². The monoisotopic (exact) mass is 283 g/mol. The van der Waals surface area contributed by atoms with Gasteiger partial charge in [-0.15, -0.1) is 11.3 Å². The van der Waals surface area contributed by atoms with Gasteiger partial charge in [0, 0.05) is 18.0 Å². The van der Waals surface area contributed by atoms with Crippen LogP contribution in [-0.2, 0) is 4.74 Å². The molecule has 1 amide bonds. The number of nitrogens with zero attached hydrogens (tertiary/aromatic N) is 1. The van der Waals surface area contributed by atoms with Crippen LogP contribution in [0.3, 0.4) is 0 Å². The molecule has 0 spiro atoms. The van der Waals surface area contributed by atoms with Gasteiger partial charge in [0.15, 0.2) is 5.13 Å². The number of ether oxygens (including phenoxy) is 1. The third-order valence-corrected chi connectivity index (χ3v) is 4.55. The van der Waals surface area contributed by atoms with E-state index in [9.17, 15) is 4.79 Å². The van der Waals surface area contributed by atoms with Crippen LogP contribution in [0.4, 0.5) is 5.13 Å². The Morgan fingerprint density at radius 3 is 2.95 bits per heavy atom. The second-order valence-corrected chi connectivity index (χ2v) is 5.86. The summed E-state index contributed by atoms with van der Waals surface area (Å²) in [6.45, 7) is 4.97. The Kier molecular flexibility index (Phi) is 4.42. The molecule has 1 atom stereocenters. The Hall–Kier alpha value is -1.14. The van der Waals surface area contributed by atoms with Crippen molar-refractivity contribution < 1.29 is 9.53 Å². The highest BCUT2D eigenvalue weighted by Crippen LogP contribution is 2.31. The molecule has 1 aliphatic heterocycles. The van der Waals surface area contributed by atoms with Gasteiger partial charge in [0.2, 0.25) is 0 Å². The van der Waals surface area contributed by atoms with Crippen LogP contribution in [0.2, 0.25) is 0 Å². The highest BCUT2D eigenvalue weighted by molar-refractivity contribution is 7.13. The van der Waals surface area contributed by atoms with Crippen molar-refractivity contribution in [1.82, 2.24) is 10.3 Å². The number of carbonyl (C=O) groups is 1. The Bertz CT molecular complexity index is 443. The Balaban J connectivity index is 1.97. The molecular weight excluding hydrogens is 262 g/mol. The predicted octanol–water partition coefficient (Wildman–Crippen LogP) is 2.19. The van der Waals surface area contributed by atoms with Gasteiger partial charge in [-0.05, 0) is 25.7 Å². The first-order valence-electron chi connectivity index (χ1n) is 6.74. The summed E-state index contributed by atoms with van der Waals surface area (Å²) in [5.74, 6) is -0.138. The Labute approximate surface area is 117 Å². The minimum Gasteiger partial charge on any atom is -0.375 e. The highest BCUT2D eigenvalue weighted by atomic mass is 32.1. The van der Waals surface area contributed by atoms with Crippen LogP contribution >= 0.6 is 11.3 Å². The number of nitrogen functional groups attached to an aromatic ring is 1. The van der Waals surface area contributed by atoms with Gasteiger partial charge in [-0.2, -0.15) is 0 Å². The number of amides is 1. The first-order chi connectivity index (χ1) is 9.08. The molecule has 0 aliphatic carbocycles. The molecule has 1 saturated heterocycles. The largest absolute Gasteiger partial charge is 0.375 e. The van der Waals surface area contributed by atoms with Gasteiger partial charge >= 0.3 is 0 Å². The maximum absolute atomic E-state index is 12.1. The summed E-state index contributed by atoms with van der Waals surface area (Å²) in [6, 6.07) is 0.157. The number of thiazole rings is 1. The molecule has 6 heteroatoms. The molecule has 106 valence electrons. The molecule has 3 N–H and O–H groups in total. The number of aromatic nitrogens is 1. The fourth-order valence-electron chi connectivity index (χ4n) is 2.54. The lowest BCUT2D eigenvalue weighted by atomic mass is 9.86. The molecule has 0 bridgehead atoms. The van der Waals surface area contributed by atoms with Crippen LogP contribution < -0.4 is 11.1 Å². The minimum absolute atomic E-state index is 0.0860. The van der Waals surface area contributed by atoms with E-state index in [1.54, 1.807) is 5.38 Å². The van der Waals surface area contributed by atoms with Crippen LogP contribution in [-0.4, -0.2) is 29.1 Å². The van der Waals surface area contributed by atoms with Crippen LogP contribution in [0.1, 0.15) is 50.0 Å². The number of hydrogen-bond donors (Lipinski definition) is 2. The molecule has 19 heavy (non-hydrogen) atoms. The summed E-state index contributed by atoms with van der Waals surface area (Å²) >= 11 is 1.28. The molecule has 2 heterocycles. The summed E-state index contributed by atoms with van der Waals surface area (Å²) in [5.41, 5.74) is 5.87. The second kappa shape index (κ2) is 5.88. The lowest BCUT2D eigenvalue weighted by Crippen LogP contribution is -2.48. The van der Waals surface area contributed by atoms with Crippen molar-refractivity contribution in [1.29, 1.82) is 0 Å². The SMILES string of the molecule is CCC1(CC)CC(NC(=O)c2csc(N)n2)CCO1. The zero-order valence-electron chi connectivity index (χ0n) is 11.4. The smallest absolute Gasteiger partial charge is 0.271 e. The average Bonchev–Trinajstić information content (AvgIpc) is 2.85. The van der Waals surface area contributed by atoms with E-state index in [1.807, 2.05) is 0 Å². The van der Waals surface area contributed by atoms with Gasteiger partial charge in [0.05, 0.1) is 5.60 Å². The van der Waals surface area contributed by atoms with Gasteiger partial charge in [-0.25, -0.2) is 4.98 Å². The fourth-order valence-corrected chi connectivity index (χ4v) is 3.09. The molecule has 1 fully saturated rings. The third-order valence-electron chi connectivity index (χ3n) is 3.87. The number of nitrogens with two attached hydrogens (primary N) is 1. The molecule has 0 aromatic carbocycles. The third kappa shape index (κ3) is 3.25. The fraction of sp³-hybridized carbons (Fsp3) is 0.692. The van der Waals surface area contributed by atoms with Crippen molar-refractivity contribution in [3.05, 3.63) is 11.1 Å². The van der Waals surface area contributed by atoms with Gasteiger partial charge < -0.3 is 15.8 Å². The molecule has 0 radical (unpaired) electrons. The van der Waals surface area contributed by atoms with Crippen LogP contribution in [0.15, 0.2) is 5.38 Å². The number of carbonyl (C=O) groups excluding carboxylic acids is 1. The first-order valence-corrected chi connectivity index (χ1v) is 7.62. The minimum atomic E-state index is -0.138. The van der Waals surface area contributed by atoms with E-state index in [-0.39, 0.29) is 17.6 Å². The van der Waals surface area contributed by atoms with Crippen molar-refractivity contribution in [3.8, 4) is 0 Å². The maximum Gasteiger partial charge on any atom is 0.271 e. The molecule has 1 aromatic rings. The van der Waals surface area contributed by atoms with Crippen LogP contribution in [0.25, 0.3) is 0 Å². The van der Waals surface area contributed by atoms with E-state index in [2.05, 4.69) is 24.1 Å². The standard InChI is InChI=1S/C13H21N3O2S/c1-3-13(4-2)7-9(5-6-18-13)15-11(17)10-8-19-12(14)16-10/h8-9H,3-7H2,1-2H3,(H2,14,16)(H,15,17). The lowest BCUT2D eigenvalue weighted by molar-refractivity contribution is -0.0917. The van der Waals surface area contributed by atoms with E-state index in [4.69, 9.17) is 10.5 Å². The van der Waals surface area contributed by atoms with Gasteiger partial charge in [0.1, 0.15) is 5.69 Å². The number of rotatable bonds is 4. The Morgan fingerprint density at radius 1 is 1.63 bits per heavy atom. The molecule has 1 aliphatic rings. The molecule has 1 unspecified atom stereocenters. The van der Waals surface area contributed by atoms with Crippen LogP contribution in [0.5, 0.6) is 0 Å². The summed E-state index contributed by atoms with van der Waals surface area (Å²) < 4.78 is 5.90. The number of nitrogens with one attached hydrogen (secondary N) is 1. The molecular formula is C13H21N3O2S.